The normalized spacial score (nSPS) is 12.9. The first kappa shape index (κ1) is 9.38. The number of hydrogen-bond donors (Lipinski definition) is 2. The van der Waals surface area contributed by atoms with E-state index in [0.717, 1.165) is 0 Å². The van der Waals surface area contributed by atoms with Gasteiger partial charge in [0.1, 0.15) is 6.33 Å². The van der Waals surface area contributed by atoms with Crippen LogP contribution in [0.3, 0.4) is 0 Å². The second-order valence-electron chi connectivity index (χ2n) is 3.13. The zero-order valence-corrected chi connectivity index (χ0v) is 7.84. The molecule has 0 bridgehead atoms. The number of aromatic amines is 1. The maximum Gasteiger partial charge on any atom is 0.348 e. The van der Waals surface area contributed by atoms with Gasteiger partial charge in [-0.15, -0.1) is 0 Å². The van der Waals surface area contributed by atoms with E-state index in [1.54, 1.807) is 0 Å². The molecule has 2 heterocycles. The minimum absolute atomic E-state index is 0.359. The molecule has 0 radical (unpaired) electrons. The minimum atomic E-state index is -0.968. The second-order valence-corrected chi connectivity index (χ2v) is 3.13. The summed E-state index contributed by atoms with van der Waals surface area (Å²) >= 11 is 0. The predicted molar refractivity (Wildman–Crippen MR) is 49.7 cm³/mol. The number of aromatic nitrogens is 4. The van der Waals surface area contributed by atoms with E-state index in [0.29, 0.717) is 11.3 Å². The quantitative estimate of drug-likeness (QED) is 0.699. The van der Waals surface area contributed by atoms with Crippen molar-refractivity contribution in [3.05, 3.63) is 28.6 Å². The van der Waals surface area contributed by atoms with E-state index in [-0.39, 0.29) is 0 Å². The van der Waals surface area contributed by atoms with Gasteiger partial charge in [0.25, 0.3) is 0 Å². The monoisotopic (exact) mass is 208 g/mol. The molecule has 7 heteroatoms. The van der Waals surface area contributed by atoms with Crippen molar-refractivity contribution in [2.45, 2.75) is 12.8 Å². The summed E-state index contributed by atoms with van der Waals surface area (Å²) < 4.78 is 1.21. The Kier molecular flexibility index (Phi) is 2.00. The first-order valence-electron chi connectivity index (χ1n) is 4.25. The summed E-state index contributed by atoms with van der Waals surface area (Å²) in [5, 5.41) is 14.7. The van der Waals surface area contributed by atoms with E-state index in [1.807, 2.05) is 0 Å². The number of H-pyrrole nitrogens is 1. The summed E-state index contributed by atoms with van der Waals surface area (Å²) in [5.74, 6) is -1.69. The summed E-state index contributed by atoms with van der Waals surface area (Å²) in [5.41, 5.74) is 0.333. The van der Waals surface area contributed by atoms with E-state index in [9.17, 15) is 9.59 Å². The molecule has 0 aliphatic rings. The molecule has 0 saturated heterocycles. The third-order valence-corrected chi connectivity index (χ3v) is 2.15. The van der Waals surface area contributed by atoms with Crippen LogP contribution in [-0.4, -0.2) is 30.7 Å². The van der Waals surface area contributed by atoms with Gasteiger partial charge in [-0.25, -0.2) is 19.3 Å². The lowest BCUT2D eigenvalue weighted by atomic mass is 10.1. The molecule has 1 unspecified atom stereocenters. The Hall–Kier alpha value is -2.18. The molecule has 0 aromatic carbocycles. The van der Waals surface area contributed by atoms with Crippen molar-refractivity contribution in [3.63, 3.8) is 0 Å². The van der Waals surface area contributed by atoms with Crippen molar-refractivity contribution in [2.24, 2.45) is 0 Å². The lowest BCUT2D eigenvalue weighted by Gasteiger charge is -2.04. The van der Waals surface area contributed by atoms with Crippen LogP contribution in [0.15, 0.2) is 17.2 Å². The molecular formula is C8H8N4O3. The Bertz CT molecular complexity index is 571. The van der Waals surface area contributed by atoms with Gasteiger partial charge in [0.05, 0.1) is 11.6 Å². The van der Waals surface area contributed by atoms with Gasteiger partial charge in [-0.2, -0.15) is 5.10 Å². The molecule has 0 saturated carbocycles. The number of carboxylic acid groups (broad SMARTS) is 1. The van der Waals surface area contributed by atoms with E-state index in [1.165, 1.54) is 23.7 Å². The third-order valence-electron chi connectivity index (χ3n) is 2.15. The third kappa shape index (κ3) is 1.47. The number of nitrogens with one attached hydrogen (secondary N) is 1. The number of carboxylic acids is 1. The molecule has 0 fully saturated rings. The van der Waals surface area contributed by atoms with Crippen LogP contribution >= 0.6 is 0 Å². The van der Waals surface area contributed by atoms with Gasteiger partial charge in [0.2, 0.25) is 0 Å². The van der Waals surface area contributed by atoms with Crippen LogP contribution in [-0.2, 0) is 4.79 Å². The molecule has 1 atom stereocenters. The minimum Gasteiger partial charge on any atom is -0.481 e. The summed E-state index contributed by atoms with van der Waals surface area (Å²) in [6.45, 7) is 1.52. The molecule has 2 N–H and O–H groups in total. The van der Waals surface area contributed by atoms with E-state index >= 15 is 0 Å². The number of fused-ring (bicyclic) bond motifs is 1. The molecule has 15 heavy (non-hydrogen) atoms. The fourth-order valence-electron chi connectivity index (χ4n) is 1.19. The number of rotatable bonds is 2. The van der Waals surface area contributed by atoms with Gasteiger partial charge in [-0.05, 0) is 6.92 Å². The van der Waals surface area contributed by atoms with Gasteiger partial charge < -0.3 is 5.11 Å². The van der Waals surface area contributed by atoms with Crippen molar-refractivity contribution in [2.75, 3.05) is 0 Å². The van der Waals surface area contributed by atoms with Crippen LogP contribution in [0.1, 0.15) is 18.5 Å². The molecule has 78 valence electrons. The van der Waals surface area contributed by atoms with Crippen molar-refractivity contribution < 1.29 is 9.90 Å². The SMILES string of the molecule is CC(C(=O)O)c1cc2n[nH]c(=O)n2cn1. The standard InChI is InChI=1S/C8H8N4O3/c1-4(7(13)14)5-2-6-10-11-8(15)12(6)3-9-5/h2-4H,1H3,(H,11,15)(H,13,14). The van der Waals surface area contributed by atoms with Gasteiger partial charge in [-0.1, -0.05) is 0 Å². The molecule has 2 aromatic rings. The van der Waals surface area contributed by atoms with Crippen molar-refractivity contribution in [3.8, 4) is 0 Å². The Morgan fingerprint density at radius 2 is 2.40 bits per heavy atom. The van der Waals surface area contributed by atoms with Crippen LogP contribution in [0.5, 0.6) is 0 Å². The Morgan fingerprint density at radius 3 is 3.07 bits per heavy atom. The first-order valence-corrected chi connectivity index (χ1v) is 4.25. The number of carbonyl (C=O) groups is 1. The number of nitrogens with zero attached hydrogens (tertiary/aromatic N) is 3. The smallest absolute Gasteiger partial charge is 0.348 e. The predicted octanol–water partition coefficient (Wildman–Crippen LogP) is -0.394. The van der Waals surface area contributed by atoms with Crippen LogP contribution in [0, 0.1) is 0 Å². The highest BCUT2D eigenvalue weighted by Gasteiger charge is 2.16. The average molecular weight is 208 g/mol. The topological polar surface area (TPSA) is 100 Å². The van der Waals surface area contributed by atoms with Gasteiger partial charge in [0.15, 0.2) is 5.65 Å². The Morgan fingerprint density at radius 1 is 1.67 bits per heavy atom. The molecule has 0 amide bonds. The van der Waals surface area contributed by atoms with E-state index in [2.05, 4.69) is 15.2 Å². The zero-order valence-electron chi connectivity index (χ0n) is 7.84. The molecular weight excluding hydrogens is 200 g/mol. The van der Waals surface area contributed by atoms with E-state index < -0.39 is 17.6 Å². The van der Waals surface area contributed by atoms with Crippen LogP contribution in [0.4, 0.5) is 0 Å². The fraction of sp³-hybridized carbons (Fsp3) is 0.250. The Labute approximate surface area is 83.4 Å². The van der Waals surface area contributed by atoms with Gasteiger partial charge >= 0.3 is 11.7 Å². The largest absolute Gasteiger partial charge is 0.481 e. The molecule has 0 spiro atoms. The fourth-order valence-corrected chi connectivity index (χ4v) is 1.19. The molecule has 2 rings (SSSR count). The highest BCUT2D eigenvalue weighted by atomic mass is 16.4. The maximum absolute atomic E-state index is 11.1. The van der Waals surface area contributed by atoms with Crippen molar-refractivity contribution >= 4 is 11.6 Å². The molecule has 0 aliphatic carbocycles. The van der Waals surface area contributed by atoms with E-state index in [4.69, 9.17) is 5.11 Å². The number of aliphatic carboxylic acids is 1. The molecule has 2 aromatic heterocycles. The summed E-state index contributed by atoms with van der Waals surface area (Å²) in [7, 11) is 0. The highest BCUT2D eigenvalue weighted by Crippen LogP contribution is 2.12. The summed E-state index contributed by atoms with van der Waals surface area (Å²) in [4.78, 5) is 25.7. The lowest BCUT2D eigenvalue weighted by Crippen LogP contribution is -2.13. The molecule has 0 aliphatic heterocycles. The van der Waals surface area contributed by atoms with Gasteiger partial charge in [0, 0.05) is 6.07 Å². The number of hydrogen-bond acceptors (Lipinski definition) is 4. The highest BCUT2D eigenvalue weighted by molar-refractivity contribution is 5.75. The average Bonchev–Trinajstić information content (AvgIpc) is 2.59. The van der Waals surface area contributed by atoms with Gasteiger partial charge in [-0.3, -0.25) is 4.79 Å². The summed E-state index contributed by atoms with van der Waals surface area (Å²) in [6, 6.07) is 1.47. The van der Waals surface area contributed by atoms with Crippen molar-refractivity contribution in [1.29, 1.82) is 0 Å². The van der Waals surface area contributed by atoms with Crippen molar-refractivity contribution in [1.82, 2.24) is 19.6 Å². The van der Waals surface area contributed by atoms with Crippen LogP contribution in [0.25, 0.3) is 5.65 Å². The summed E-state index contributed by atoms with van der Waals surface area (Å²) in [6.07, 6.45) is 1.26. The maximum atomic E-state index is 11.1. The Balaban J connectivity index is 2.56. The van der Waals surface area contributed by atoms with Crippen LogP contribution in [0.2, 0.25) is 0 Å². The first-order chi connectivity index (χ1) is 7.09. The lowest BCUT2D eigenvalue weighted by molar-refractivity contribution is -0.138. The second kappa shape index (κ2) is 3.19. The van der Waals surface area contributed by atoms with Crippen LogP contribution < -0.4 is 5.69 Å². The zero-order chi connectivity index (χ0) is 11.0. The molecule has 7 nitrogen and oxygen atoms in total.